The molecule has 0 bridgehead atoms. The topological polar surface area (TPSA) is 78.1 Å². The highest BCUT2D eigenvalue weighted by Crippen LogP contribution is 2.23. The largest absolute Gasteiger partial charge is 0.352 e. The Morgan fingerprint density at radius 1 is 1.07 bits per heavy atom. The summed E-state index contributed by atoms with van der Waals surface area (Å²) in [6.07, 6.45) is 2.37. The molecule has 148 valence electrons. The molecule has 0 unspecified atom stereocenters. The fourth-order valence-electron chi connectivity index (χ4n) is 3.54. The molecule has 2 heterocycles. The van der Waals surface area contributed by atoms with E-state index < -0.39 is 0 Å². The Kier molecular flexibility index (Phi) is 5.70. The van der Waals surface area contributed by atoms with Gasteiger partial charge in [-0.3, -0.25) is 14.7 Å². The number of hydrogen-bond acceptors (Lipinski definition) is 3. The molecule has 1 saturated heterocycles. The molecule has 6 nitrogen and oxygen atoms in total. The summed E-state index contributed by atoms with van der Waals surface area (Å²) in [4.78, 5) is 25.8. The van der Waals surface area contributed by atoms with Crippen molar-refractivity contribution in [1.82, 2.24) is 20.4 Å². The minimum Gasteiger partial charge on any atom is -0.352 e. The van der Waals surface area contributed by atoms with Gasteiger partial charge in [-0.05, 0) is 36.6 Å². The number of likely N-dealkylation sites (tertiary alicyclic amines) is 1. The van der Waals surface area contributed by atoms with Gasteiger partial charge in [0, 0.05) is 37.2 Å². The van der Waals surface area contributed by atoms with Crippen LogP contribution in [0.1, 0.15) is 29.6 Å². The summed E-state index contributed by atoms with van der Waals surface area (Å²) in [5.41, 5.74) is 4.45. The van der Waals surface area contributed by atoms with E-state index in [4.69, 9.17) is 0 Å². The van der Waals surface area contributed by atoms with Crippen molar-refractivity contribution in [2.45, 2.75) is 19.3 Å². The van der Waals surface area contributed by atoms with Gasteiger partial charge < -0.3 is 10.2 Å². The number of nitrogens with zero attached hydrogens (tertiary/aromatic N) is 2. The molecule has 3 aromatic rings. The molecular formula is C23H24N4O2. The number of aromatic amines is 1. The Morgan fingerprint density at radius 2 is 1.86 bits per heavy atom. The zero-order chi connectivity index (χ0) is 20.1. The van der Waals surface area contributed by atoms with Gasteiger partial charge in [-0.1, -0.05) is 42.5 Å². The molecule has 0 aliphatic carbocycles. The van der Waals surface area contributed by atoms with E-state index >= 15 is 0 Å². The van der Waals surface area contributed by atoms with Gasteiger partial charge in [-0.25, -0.2) is 0 Å². The monoisotopic (exact) mass is 388 g/mol. The second-order valence-electron chi connectivity index (χ2n) is 7.20. The Balaban J connectivity index is 1.31. The highest BCUT2D eigenvalue weighted by atomic mass is 16.2. The molecule has 1 fully saturated rings. The van der Waals surface area contributed by atoms with Gasteiger partial charge in [0.15, 0.2) is 0 Å². The fraction of sp³-hybridized carbons (Fsp3) is 0.261. The fourth-order valence-corrected chi connectivity index (χ4v) is 3.54. The predicted octanol–water partition coefficient (Wildman–Crippen LogP) is 3.49. The summed E-state index contributed by atoms with van der Waals surface area (Å²) in [6, 6.07) is 19.5. The molecule has 6 heteroatoms. The second-order valence-corrected chi connectivity index (χ2v) is 7.20. The van der Waals surface area contributed by atoms with E-state index in [1.807, 2.05) is 65.6 Å². The average Bonchev–Trinajstić information content (AvgIpc) is 3.41. The lowest BCUT2D eigenvalue weighted by Gasteiger charge is -2.15. The van der Waals surface area contributed by atoms with E-state index in [1.165, 1.54) is 0 Å². The van der Waals surface area contributed by atoms with Gasteiger partial charge in [0.05, 0.1) is 11.4 Å². The molecule has 0 radical (unpaired) electrons. The molecule has 2 aromatic carbocycles. The van der Waals surface area contributed by atoms with E-state index in [-0.39, 0.29) is 11.8 Å². The van der Waals surface area contributed by atoms with Crippen molar-refractivity contribution in [2.24, 2.45) is 0 Å². The first-order valence-electron chi connectivity index (χ1n) is 9.98. The number of nitrogens with one attached hydrogen (secondary N) is 2. The lowest BCUT2D eigenvalue weighted by molar-refractivity contribution is -0.127. The van der Waals surface area contributed by atoms with Crippen LogP contribution in [0.15, 0.2) is 60.7 Å². The van der Waals surface area contributed by atoms with Crippen molar-refractivity contribution in [3.8, 4) is 22.5 Å². The van der Waals surface area contributed by atoms with E-state index in [1.54, 1.807) is 0 Å². The maximum Gasteiger partial charge on any atom is 0.251 e. The highest BCUT2D eigenvalue weighted by molar-refractivity contribution is 5.94. The number of aromatic nitrogens is 2. The van der Waals surface area contributed by atoms with Crippen LogP contribution in [0.5, 0.6) is 0 Å². The normalized spacial score (nSPS) is 13.7. The van der Waals surface area contributed by atoms with E-state index in [2.05, 4.69) is 15.5 Å². The molecule has 0 saturated carbocycles. The molecule has 2 N–H and O–H groups in total. The van der Waals surface area contributed by atoms with Crippen molar-refractivity contribution < 1.29 is 9.59 Å². The number of rotatable bonds is 7. The maximum absolute atomic E-state index is 12.3. The Labute approximate surface area is 169 Å². The van der Waals surface area contributed by atoms with Crippen molar-refractivity contribution in [1.29, 1.82) is 0 Å². The lowest BCUT2D eigenvalue weighted by Crippen LogP contribution is -2.30. The molecule has 29 heavy (non-hydrogen) atoms. The van der Waals surface area contributed by atoms with Crippen LogP contribution in [0.3, 0.4) is 0 Å². The zero-order valence-corrected chi connectivity index (χ0v) is 16.2. The van der Waals surface area contributed by atoms with Crippen LogP contribution in [-0.4, -0.2) is 46.5 Å². The van der Waals surface area contributed by atoms with Crippen molar-refractivity contribution in [3.63, 3.8) is 0 Å². The van der Waals surface area contributed by atoms with Crippen LogP contribution in [0.2, 0.25) is 0 Å². The van der Waals surface area contributed by atoms with Crippen molar-refractivity contribution in [3.05, 3.63) is 66.2 Å². The van der Waals surface area contributed by atoms with Crippen molar-refractivity contribution in [2.75, 3.05) is 19.6 Å². The summed E-state index contributed by atoms with van der Waals surface area (Å²) in [5.74, 6) is 0.125. The summed E-state index contributed by atoms with van der Waals surface area (Å²) in [7, 11) is 0. The van der Waals surface area contributed by atoms with Gasteiger partial charge in [0.25, 0.3) is 5.91 Å². The minimum atomic E-state index is -0.0983. The zero-order valence-electron chi connectivity index (χ0n) is 16.2. The number of carbonyl (C=O) groups excluding carboxylic acids is 2. The summed E-state index contributed by atoms with van der Waals surface area (Å²) in [6.45, 7) is 2.11. The Hall–Kier alpha value is -3.41. The van der Waals surface area contributed by atoms with Crippen LogP contribution in [0.25, 0.3) is 22.5 Å². The van der Waals surface area contributed by atoms with Gasteiger partial charge in [0.2, 0.25) is 5.91 Å². The summed E-state index contributed by atoms with van der Waals surface area (Å²) >= 11 is 0. The number of hydrogen-bond donors (Lipinski definition) is 2. The molecule has 1 aliphatic heterocycles. The second kappa shape index (κ2) is 8.73. The van der Waals surface area contributed by atoms with Crippen LogP contribution in [0.4, 0.5) is 0 Å². The SMILES string of the molecule is O=C(NCCCN1CCCC1=O)c1ccc(-c2cc(-c3ccccc3)n[nH]2)cc1. The number of H-pyrrole nitrogens is 1. The summed E-state index contributed by atoms with van der Waals surface area (Å²) in [5, 5.41) is 10.4. The van der Waals surface area contributed by atoms with E-state index in [0.29, 0.717) is 25.1 Å². The smallest absolute Gasteiger partial charge is 0.251 e. The van der Waals surface area contributed by atoms with E-state index in [9.17, 15) is 9.59 Å². The third-order valence-corrected chi connectivity index (χ3v) is 5.17. The third kappa shape index (κ3) is 4.54. The van der Waals surface area contributed by atoms with Crippen LogP contribution >= 0.6 is 0 Å². The number of amides is 2. The highest BCUT2D eigenvalue weighted by Gasteiger charge is 2.19. The Morgan fingerprint density at radius 3 is 2.59 bits per heavy atom. The summed E-state index contributed by atoms with van der Waals surface area (Å²) < 4.78 is 0. The first-order chi connectivity index (χ1) is 14.2. The van der Waals surface area contributed by atoms with Crippen LogP contribution in [0, 0.1) is 0 Å². The first-order valence-corrected chi connectivity index (χ1v) is 9.98. The molecule has 4 rings (SSSR count). The van der Waals surface area contributed by atoms with Crippen LogP contribution < -0.4 is 5.32 Å². The van der Waals surface area contributed by atoms with Gasteiger partial charge in [-0.15, -0.1) is 0 Å². The molecule has 0 atom stereocenters. The molecule has 1 aromatic heterocycles. The maximum atomic E-state index is 12.3. The molecular weight excluding hydrogens is 364 g/mol. The number of benzene rings is 2. The third-order valence-electron chi connectivity index (χ3n) is 5.17. The van der Waals surface area contributed by atoms with Gasteiger partial charge in [0.1, 0.15) is 0 Å². The quantitative estimate of drug-likeness (QED) is 0.608. The van der Waals surface area contributed by atoms with Gasteiger partial charge >= 0.3 is 0 Å². The molecule has 1 aliphatic rings. The predicted molar refractivity (Wildman–Crippen MR) is 112 cm³/mol. The number of carbonyl (C=O) groups is 2. The molecule has 2 amide bonds. The average molecular weight is 388 g/mol. The minimum absolute atomic E-state index is 0.0983. The van der Waals surface area contributed by atoms with E-state index in [0.717, 1.165) is 41.9 Å². The lowest BCUT2D eigenvalue weighted by atomic mass is 10.1. The molecule has 0 spiro atoms. The van der Waals surface area contributed by atoms with Crippen LogP contribution in [-0.2, 0) is 4.79 Å². The Bertz CT molecular complexity index is 980. The first kappa shape index (κ1) is 18.9. The standard InChI is InChI=1S/C23H24N4O2/c28-22-8-4-14-27(22)15-5-13-24-23(29)19-11-9-18(10-12-19)21-16-20(25-26-21)17-6-2-1-3-7-17/h1-3,6-7,9-12,16H,4-5,8,13-15H2,(H,24,29)(H,25,26). The van der Waals surface area contributed by atoms with Crippen molar-refractivity contribution >= 4 is 11.8 Å². The van der Waals surface area contributed by atoms with Gasteiger partial charge in [-0.2, -0.15) is 5.10 Å².